The zero-order valence-corrected chi connectivity index (χ0v) is 14.0. The van der Waals surface area contributed by atoms with Crippen LogP contribution in [0.5, 0.6) is 0 Å². The molecule has 0 spiro atoms. The van der Waals surface area contributed by atoms with Gasteiger partial charge in [-0.15, -0.1) is 0 Å². The molecule has 1 fully saturated rings. The Labute approximate surface area is 147 Å². The summed E-state index contributed by atoms with van der Waals surface area (Å²) in [4.78, 5) is 48.3. The molecule has 0 unspecified atom stereocenters. The number of amides is 1. The molecule has 1 aliphatic rings. The number of nitrogens with one attached hydrogen (secondary N) is 2. The van der Waals surface area contributed by atoms with Crippen LogP contribution < -0.4 is 16.6 Å². The SMILES string of the molecule is O=C(COC(=O)Cn1ccc(=O)[nH]c1=O)Nc1ccnn1C1CCCC1. The van der Waals surface area contributed by atoms with Crippen molar-refractivity contribution in [3.8, 4) is 0 Å². The number of H-pyrrole nitrogens is 1. The van der Waals surface area contributed by atoms with Crippen LogP contribution in [-0.4, -0.2) is 37.8 Å². The van der Waals surface area contributed by atoms with Crippen molar-refractivity contribution in [3.63, 3.8) is 0 Å². The molecule has 10 heteroatoms. The minimum absolute atomic E-state index is 0.273. The third-order valence-electron chi connectivity index (χ3n) is 4.17. The number of aromatic nitrogens is 4. The van der Waals surface area contributed by atoms with E-state index in [0.29, 0.717) is 5.82 Å². The third-order valence-corrected chi connectivity index (χ3v) is 4.17. The number of esters is 1. The number of hydrogen-bond donors (Lipinski definition) is 2. The fourth-order valence-corrected chi connectivity index (χ4v) is 2.93. The van der Waals surface area contributed by atoms with E-state index >= 15 is 0 Å². The zero-order chi connectivity index (χ0) is 18.5. The summed E-state index contributed by atoms with van der Waals surface area (Å²) >= 11 is 0. The number of aromatic amines is 1. The van der Waals surface area contributed by atoms with Gasteiger partial charge >= 0.3 is 11.7 Å². The molecular formula is C16H19N5O5. The number of hydrogen-bond acceptors (Lipinski definition) is 6. The summed E-state index contributed by atoms with van der Waals surface area (Å²) in [5.41, 5.74) is -1.28. The molecule has 2 N–H and O–H groups in total. The van der Waals surface area contributed by atoms with Crippen molar-refractivity contribution in [2.75, 3.05) is 11.9 Å². The van der Waals surface area contributed by atoms with Crippen LogP contribution in [0.4, 0.5) is 5.82 Å². The van der Waals surface area contributed by atoms with Crippen molar-refractivity contribution in [2.45, 2.75) is 38.3 Å². The van der Waals surface area contributed by atoms with Gasteiger partial charge in [-0.25, -0.2) is 9.48 Å². The highest BCUT2D eigenvalue weighted by Gasteiger charge is 2.20. The highest BCUT2D eigenvalue weighted by Crippen LogP contribution is 2.31. The second-order valence-corrected chi connectivity index (χ2v) is 6.05. The van der Waals surface area contributed by atoms with Gasteiger partial charge < -0.3 is 10.1 Å². The Bertz CT molecular complexity index is 906. The number of carbonyl (C=O) groups is 2. The van der Waals surface area contributed by atoms with E-state index in [4.69, 9.17) is 4.74 Å². The first-order chi connectivity index (χ1) is 12.5. The van der Waals surface area contributed by atoms with Gasteiger partial charge in [0.15, 0.2) is 6.61 Å². The number of anilines is 1. The van der Waals surface area contributed by atoms with E-state index < -0.39 is 36.3 Å². The lowest BCUT2D eigenvalue weighted by molar-refractivity contribution is -0.148. The first-order valence-corrected chi connectivity index (χ1v) is 8.31. The van der Waals surface area contributed by atoms with Gasteiger partial charge in [-0.3, -0.25) is 23.9 Å². The van der Waals surface area contributed by atoms with Crippen LogP contribution in [0.2, 0.25) is 0 Å². The van der Waals surface area contributed by atoms with E-state index in [1.165, 1.54) is 6.20 Å². The number of nitrogens with zero attached hydrogens (tertiary/aromatic N) is 3. The Kier molecular flexibility index (Phi) is 5.30. The summed E-state index contributed by atoms with van der Waals surface area (Å²) in [6.45, 7) is -0.879. The predicted molar refractivity (Wildman–Crippen MR) is 90.6 cm³/mol. The summed E-state index contributed by atoms with van der Waals surface area (Å²) in [6.07, 6.45) is 7.12. The van der Waals surface area contributed by atoms with Crippen LogP contribution >= 0.6 is 0 Å². The molecule has 3 rings (SSSR count). The molecule has 1 saturated carbocycles. The molecule has 2 aromatic rings. The molecule has 10 nitrogen and oxygen atoms in total. The van der Waals surface area contributed by atoms with E-state index in [0.717, 1.165) is 36.3 Å². The van der Waals surface area contributed by atoms with Crippen molar-refractivity contribution >= 4 is 17.7 Å². The summed E-state index contributed by atoms with van der Waals surface area (Å²) in [5, 5.41) is 6.92. The van der Waals surface area contributed by atoms with E-state index in [-0.39, 0.29) is 6.04 Å². The van der Waals surface area contributed by atoms with E-state index in [1.54, 1.807) is 16.9 Å². The second kappa shape index (κ2) is 7.81. The smallest absolute Gasteiger partial charge is 0.328 e. The lowest BCUT2D eigenvalue weighted by atomic mass is 10.2. The van der Waals surface area contributed by atoms with Gasteiger partial charge in [-0.2, -0.15) is 5.10 Å². The Hall–Kier alpha value is -3.17. The molecule has 0 saturated heterocycles. The van der Waals surface area contributed by atoms with Crippen molar-refractivity contribution < 1.29 is 14.3 Å². The standard InChI is InChI=1S/C16H19N5O5/c22-13-6-8-20(16(25)19-13)9-15(24)26-10-14(23)18-12-5-7-17-21(12)11-3-1-2-4-11/h5-8,11H,1-4,9-10H2,(H,18,23)(H,19,22,25). The molecule has 1 aliphatic carbocycles. The molecule has 0 atom stereocenters. The maximum atomic E-state index is 12.0. The van der Waals surface area contributed by atoms with Gasteiger partial charge in [0, 0.05) is 18.3 Å². The first kappa shape index (κ1) is 17.6. The lowest BCUT2D eigenvalue weighted by Crippen LogP contribution is -2.32. The monoisotopic (exact) mass is 361 g/mol. The van der Waals surface area contributed by atoms with E-state index in [1.807, 2.05) is 4.98 Å². The highest BCUT2D eigenvalue weighted by molar-refractivity contribution is 5.92. The van der Waals surface area contributed by atoms with Gasteiger partial charge in [0.2, 0.25) is 0 Å². The summed E-state index contributed by atoms with van der Waals surface area (Å²) in [6, 6.07) is 3.08. The Morgan fingerprint density at radius 1 is 1.27 bits per heavy atom. The minimum atomic E-state index is -0.765. The predicted octanol–water partition coefficient (Wildman–Crippen LogP) is 0.0301. The highest BCUT2D eigenvalue weighted by atomic mass is 16.5. The summed E-state index contributed by atoms with van der Waals surface area (Å²) in [7, 11) is 0. The fraction of sp³-hybridized carbons (Fsp3) is 0.438. The normalized spacial score (nSPS) is 14.3. The topological polar surface area (TPSA) is 128 Å². The Balaban J connectivity index is 1.51. The second-order valence-electron chi connectivity index (χ2n) is 6.05. The quantitative estimate of drug-likeness (QED) is 0.699. The van der Waals surface area contributed by atoms with Gasteiger partial charge in [-0.05, 0) is 12.8 Å². The minimum Gasteiger partial charge on any atom is -0.454 e. The summed E-state index contributed by atoms with van der Waals surface area (Å²) < 4.78 is 7.64. The maximum Gasteiger partial charge on any atom is 0.328 e. The first-order valence-electron chi connectivity index (χ1n) is 8.31. The molecule has 1 amide bonds. The van der Waals surface area contributed by atoms with Crippen LogP contribution in [0.1, 0.15) is 31.7 Å². The number of ether oxygens (including phenoxy) is 1. The lowest BCUT2D eigenvalue weighted by Gasteiger charge is -2.14. The maximum absolute atomic E-state index is 12.0. The van der Waals surface area contributed by atoms with E-state index in [2.05, 4.69) is 10.4 Å². The van der Waals surface area contributed by atoms with Crippen LogP contribution in [-0.2, 0) is 20.9 Å². The Morgan fingerprint density at radius 2 is 2.04 bits per heavy atom. The average Bonchev–Trinajstić information content (AvgIpc) is 3.26. The summed E-state index contributed by atoms with van der Waals surface area (Å²) in [5.74, 6) is -0.694. The van der Waals surface area contributed by atoms with Crippen molar-refractivity contribution in [1.29, 1.82) is 0 Å². The molecule has 0 radical (unpaired) electrons. The molecule has 138 valence electrons. The molecular weight excluding hydrogens is 342 g/mol. The molecule has 2 heterocycles. The van der Waals surface area contributed by atoms with Crippen molar-refractivity contribution in [1.82, 2.24) is 19.3 Å². The number of rotatable bonds is 6. The molecule has 0 aromatic carbocycles. The van der Waals surface area contributed by atoms with Crippen LogP contribution in [0.25, 0.3) is 0 Å². The van der Waals surface area contributed by atoms with Gasteiger partial charge in [0.1, 0.15) is 12.4 Å². The van der Waals surface area contributed by atoms with Crippen LogP contribution in [0, 0.1) is 0 Å². The Morgan fingerprint density at radius 3 is 2.77 bits per heavy atom. The fourth-order valence-electron chi connectivity index (χ4n) is 2.93. The molecule has 2 aromatic heterocycles. The van der Waals surface area contributed by atoms with Crippen LogP contribution in [0.3, 0.4) is 0 Å². The van der Waals surface area contributed by atoms with Crippen LogP contribution in [0.15, 0.2) is 34.1 Å². The molecule has 26 heavy (non-hydrogen) atoms. The van der Waals surface area contributed by atoms with Gasteiger partial charge in [-0.1, -0.05) is 12.8 Å². The average molecular weight is 361 g/mol. The van der Waals surface area contributed by atoms with E-state index in [9.17, 15) is 19.2 Å². The van der Waals surface area contributed by atoms with Gasteiger partial charge in [0.05, 0.1) is 12.2 Å². The van der Waals surface area contributed by atoms with Crippen molar-refractivity contribution in [2.24, 2.45) is 0 Å². The number of carbonyl (C=O) groups excluding carboxylic acids is 2. The molecule has 0 bridgehead atoms. The van der Waals surface area contributed by atoms with Crippen molar-refractivity contribution in [3.05, 3.63) is 45.4 Å². The largest absolute Gasteiger partial charge is 0.454 e. The third kappa shape index (κ3) is 4.26. The zero-order valence-electron chi connectivity index (χ0n) is 14.0. The van der Waals surface area contributed by atoms with Gasteiger partial charge in [0.25, 0.3) is 11.5 Å². The molecule has 0 aliphatic heterocycles.